The van der Waals surface area contributed by atoms with Gasteiger partial charge in [-0.1, -0.05) is 12.1 Å². The highest BCUT2D eigenvalue weighted by molar-refractivity contribution is 7.10. The van der Waals surface area contributed by atoms with Gasteiger partial charge >= 0.3 is 0 Å². The maximum atomic E-state index is 12.6. The molecule has 8 heteroatoms. The topological polar surface area (TPSA) is 77.7 Å². The van der Waals surface area contributed by atoms with Gasteiger partial charge in [0.2, 0.25) is 0 Å². The number of carbonyl (C=O) groups is 1. The summed E-state index contributed by atoms with van der Waals surface area (Å²) in [6, 6.07) is 12.8. The highest BCUT2D eigenvalue weighted by atomic mass is 32.1. The zero-order chi connectivity index (χ0) is 25.9. The number of ether oxygens (including phenoxy) is 1. The van der Waals surface area contributed by atoms with E-state index in [1.165, 1.54) is 11.5 Å². The molecule has 2 heterocycles. The smallest absolute Gasteiger partial charge is 0.263 e. The van der Waals surface area contributed by atoms with Crippen molar-refractivity contribution in [1.82, 2.24) is 14.6 Å². The molecule has 2 fully saturated rings. The monoisotopic (exact) mass is 520 g/mol. The second kappa shape index (κ2) is 11.2. The third-order valence-electron chi connectivity index (χ3n) is 7.37. The van der Waals surface area contributed by atoms with Crippen LogP contribution in [0.3, 0.4) is 0 Å². The molecule has 0 bridgehead atoms. The Balaban J connectivity index is 1.36. The molecular formula is C29H36N4O3S. The van der Waals surface area contributed by atoms with Crippen LogP contribution in [-0.2, 0) is 6.54 Å². The third kappa shape index (κ3) is 5.98. The van der Waals surface area contributed by atoms with E-state index in [1.807, 2.05) is 25.1 Å². The maximum Gasteiger partial charge on any atom is 0.263 e. The Morgan fingerprint density at radius 1 is 1.14 bits per heavy atom. The van der Waals surface area contributed by atoms with Crippen molar-refractivity contribution < 1.29 is 9.53 Å². The van der Waals surface area contributed by atoms with Crippen LogP contribution in [0.15, 0.2) is 41.2 Å². The fourth-order valence-electron chi connectivity index (χ4n) is 5.04. The highest BCUT2D eigenvalue weighted by Gasteiger charge is 2.32. The molecule has 1 aliphatic carbocycles. The molecule has 0 atom stereocenters. The number of anilines is 1. The summed E-state index contributed by atoms with van der Waals surface area (Å²) in [4.78, 5) is 29.5. The Hall–Kier alpha value is -2.94. The van der Waals surface area contributed by atoms with Gasteiger partial charge in [-0.15, -0.1) is 0 Å². The van der Waals surface area contributed by atoms with E-state index in [2.05, 4.69) is 44.6 Å². The zero-order valence-corrected chi connectivity index (χ0v) is 22.7. The third-order valence-corrected chi connectivity index (χ3v) is 8.39. The SMILES string of the molecule is CC(=O)c1cc(C)c(-c2ccc(OCCN3CCNCC3)cc2)cc1CN(c1s[nH]c(=O)c1C)C1CC1. The number of hydrogen-bond donors (Lipinski definition) is 2. The molecule has 0 spiro atoms. The number of rotatable bonds is 10. The van der Waals surface area contributed by atoms with Crippen molar-refractivity contribution in [2.24, 2.45) is 0 Å². The Morgan fingerprint density at radius 2 is 1.86 bits per heavy atom. The van der Waals surface area contributed by atoms with E-state index < -0.39 is 0 Å². The lowest BCUT2D eigenvalue weighted by Gasteiger charge is -2.26. The standard InChI is InChI=1S/C29H36N4O3S/c1-19-16-27(21(3)34)23(18-33(24-6-7-24)29-20(2)28(35)31-37-29)17-26(19)22-4-8-25(9-5-22)36-15-14-32-12-10-30-11-13-32/h4-5,8-9,16-17,24,30H,6-7,10-15,18H2,1-3H3,(H,31,35). The summed E-state index contributed by atoms with van der Waals surface area (Å²) in [6.07, 6.45) is 2.21. The Morgan fingerprint density at radius 3 is 2.49 bits per heavy atom. The quantitative estimate of drug-likeness (QED) is 0.387. The van der Waals surface area contributed by atoms with Crippen molar-refractivity contribution in [2.75, 3.05) is 44.2 Å². The minimum absolute atomic E-state index is 0.0303. The summed E-state index contributed by atoms with van der Waals surface area (Å²) in [6.45, 7) is 12.0. The fraction of sp³-hybridized carbons (Fsp3) is 0.448. The minimum atomic E-state index is -0.0303. The molecule has 0 radical (unpaired) electrons. The molecule has 2 aromatic carbocycles. The van der Waals surface area contributed by atoms with Crippen LogP contribution in [0.5, 0.6) is 5.75 Å². The van der Waals surface area contributed by atoms with Crippen LogP contribution in [0, 0.1) is 13.8 Å². The number of aryl methyl sites for hydroxylation is 1. The normalized spacial score (nSPS) is 16.1. The minimum Gasteiger partial charge on any atom is -0.492 e. The average molecular weight is 521 g/mol. The lowest BCUT2D eigenvalue weighted by molar-refractivity contribution is 0.101. The van der Waals surface area contributed by atoms with Gasteiger partial charge in [0.1, 0.15) is 17.4 Å². The van der Waals surface area contributed by atoms with Crippen LogP contribution < -0.4 is 20.5 Å². The number of nitrogens with zero attached hydrogens (tertiary/aromatic N) is 2. The molecule has 5 rings (SSSR count). The summed E-state index contributed by atoms with van der Waals surface area (Å²) >= 11 is 1.39. The average Bonchev–Trinajstić information content (AvgIpc) is 3.69. The van der Waals surface area contributed by atoms with E-state index in [0.29, 0.717) is 19.2 Å². The van der Waals surface area contributed by atoms with Crippen molar-refractivity contribution in [3.8, 4) is 16.9 Å². The molecule has 2 N–H and O–H groups in total. The Bertz CT molecular complexity index is 1300. The molecular weight excluding hydrogens is 484 g/mol. The predicted octanol–water partition coefficient (Wildman–Crippen LogP) is 4.38. The van der Waals surface area contributed by atoms with Gasteiger partial charge in [-0.3, -0.25) is 18.9 Å². The molecule has 2 aliphatic rings. The van der Waals surface area contributed by atoms with Crippen LogP contribution in [0.1, 0.15) is 46.8 Å². The summed E-state index contributed by atoms with van der Waals surface area (Å²) in [7, 11) is 0. The van der Waals surface area contributed by atoms with Crippen LogP contribution in [-0.4, -0.2) is 60.4 Å². The number of hydrogen-bond acceptors (Lipinski definition) is 7. The number of ketones is 1. The number of aromatic nitrogens is 1. The zero-order valence-electron chi connectivity index (χ0n) is 21.9. The summed E-state index contributed by atoms with van der Waals surface area (Å²) in [5.41, 5.74) is 5.75. The van der Waals surface area contributed by atoms with Crippen LogP contribution in [0.25, 0.3) is 11.1 Å². The number of piperazine rings is 1. The van der Waals surface area contributed by atoms with E-state index in [9.17, 15) is 9.59 Å². The second-order valence-corrected chi connectivity index (χ2v) is 11.0. The molecule has 7 nitrogen and oxygen atoms in total. The molecule has 1 aliphatic heterocycles. The Kier molecular flexibility index (Phi) is 7.79. The summed E-state index contributed by atoms with van der Waals surface area (Å²) < 4.78 is 8.88. The van der Waals surface area contributed by atoms with Gasteiger partial charge in [-0.2, -0.15) is 0 Å². The number of Topliss-reactive ketones (excluding diaryl/α,β-unsaturated/α-hetero) is 1. The number of aromatic amines is 1. The highest BCUT2D eigenvalue weighted by Crippen LogP contribution is 2.37. The number of benzene rings is 2. The first-order valence-corrected chi connectivity index (χ1v) is 14.0. The van der Waals surface area contributed by atoms with Gasteiger partial charge in [-0.25, -0.2) is 0 Å². The van der Waals surface area contributed by atoms with E-state index in [4.69, 9.17) is 4.74 Å². The molecule has 0 unspecified atom stereocenters. The lowest BCUT2D eigenvalue weighted by atomic mass is 9.92. The molecule has 37 heavy (non-hydrogen) atoms. The molecule has 1 aromatic heterocycles. The van der Waals surface area contributed by atoms with Crippen molar-refractivity contribution in [1.29, 1.82) is 0 Å². The first-order valence-electron chi connectivity index (χ1n) is 13.2. The van der Waals surface area contributed by atoms with E-state index in [1.54, 1.807) is 6.92 Å². The molecule has 3 aromatic rings. The van der Waals surface area contributed by atoms with Gasteiger partial charge in [0, 0.05) is 50.9 Å². The number of nitrogens with one attached hydrogen (secondary N) is 2. The van der Waals surface area contributed by atoms with E-state index in [-0.39, 0.29) is 11.3 Å². The van der Waals surface area contributed by atoms with Crippen molar-refractivity contribution in [2.45, 2.75) is 46.2 Å². The number of carbonyl (C=O) groups excluding carboxylic acids is 1. The lowest BCUT2D eigenvalue weighted by Crippen LogP contribution is -2.44. The fourth-order valence-corrected chi connectivity index (χ4v) is 5.95. The molecule has 0 amide bonds. The maximum absolute atomic E-state index is 12.6. The van der Waals surface area contributed by atoms with Crippen LogP contribution in [0.4, 0.5) is 5.00 Å². The van der Waals surface area contributed by atoms with Gasteiger partial charge in [0.05, 0.1) is 5.56 Å². The summed E-state index contributed by atoms with van der Waals surface area (Å²) in [5.74, 6) is 0.933. The van der Waals surface area contributed by atoms with E-state index in [0.717, 1.165) is 89.7 Å². The largest absolute Gasteiger partial charge is 0.492 e. The first-order chi connectivity index (χ1) is 17.9. The molecule has 1 saturated heterocycles. The van der Waals surface area contributed by atoms with Crippen LogP contribution >= 0.6 is 11.5 Å². The predicted molar refractivity (Wildman–Crippen MR) is 150 cm³/mol. The molecule has 196 valence electrons. The van der Waals surface area contributed by atoms with Gasteiger partial charge in [-0.05, 0) is 91.7 Å². The van der Waals surface area contributed by atoms with Crippen molar-refractivity contribution >= 4 is 22.3 Å². The second-order valence-electron chi connectivity index (χ2n) is 10.2. The molecule has 1 saturated carbocycles. The summed E-state index contributed by atoms with van der Waals surface area (Å²) in [5, 5.41) is 4.35. The van der Waals surface area contributed by atoms with Gasteiger partial charge in [0.25, 0.3) is 5.56 Å². The van der Waals surface area contributed by atoms with Gasteiger partial charge < -0.3 is 15.0 Å². The number of H-pyrrole nitrogens is 1. The van der Waals surface area contributed by atoms with Crippen molar-refractivity contribution in [3.05, 3.63) is 69.0 Å². The van der Waals surface area contributed by atoms with Gasteiger partial charge in [0.15, 0.2) is 5.78 Å². The Labute approximate surface area is 222 Å². The van der Waals surface area contributed by atoms with E-state index >= 15 is 0 Å². The first kappa shape index (κ1) is 25.7. The van der Waals surface area contributed by atoms with Crippen LogP contribution in [0.2, 0.25) is 0 Å². The van der Waals surface area contributed by atoms with Crippen molar-refractivity contribution in [3.63, 3.8) is 0 Å².